The molecular formula is C20H36IN3O2S. The number of unbranched alkanes of at least 4 members (excludes halogenated alkanes) is 3. The van der Waals surface area contributed by atoms with Gasteiger partial charge < -0.3 is 10.6 Å². The minimum absolute atomic E-state index is 0. The van der Waals surface area contributed by atoms with E-state index in [2.05, 4.69) is 29.5 Å². The smallest absolute Gasteiger partial charge is 0.191 e. The van der Waals surface area contributed by atoms with Gasteiger partial charge in [-0.15, -0.1) is 24.0 Å². The minimum atomic E-state index is -3.17. The Morgan fingerprint density at radius 1 is 1.11 bits per heavy atom. The van der Waals surface area contributed by atoms with Gasteiger partial charge in [0.2, 0.25) is 0 Å². The number of hydrogen-bond donors (Lipinski definition) is 2. The lowest BCUT2D eigenvalue weighted by molar-refractivity contribution is 0.518. The normalized spacial score (nSPS) is 12.0. The molecule has 1 aromatic carbocycles. The van der Waals surface area contributed by atoms with Crippen LogP contribution in [-0.2, 0) is 16.4 Å². The van der Waals surface area contributed by atoms with Crippen molar-refractivity contribution in [3.8, 4) is 0 Å². The third-order valence-corrected chi connectivity index (χ3v) is 5.58. The fourth-order valence-electron chi connectivity index (χ4n) is 2.88. The van der Waals surface area contributed by atoms with Crippen LogP contribution in [-0.4, -0.2) is 34.2 Å². The molecule has 0 saturated carbocycles. The molecule has 0 radical (unpaired) electrons. The summed E-state index contributed by atoms with van der Waals surface area (Å²) < 4.78 is 23.4. The molecule has 0 heterocycles. The maximum atomic E-state index is 11.7. The molecule has 0 amide bonds. The van der Waals surface area contributed by atoms with Gasteiger partial charge in [-0.2, -0.15) is 0 Å². The van der Waals surface area contributed by atoms with Crippen LogP contribution >= 0.6 is 24.0 Å². The topological polar surface area (TPSA) is 70.6 Å². The molecule has 0 atom stereocenters. The van der Waals surface area contributed by atoms with Crippen LogP contribution in [0.5, 0.6) is 0 Å². The SMILES string of the molecule is CN=C(NCCCCCCC(C)C)NCc1ccc(S(C)(=O)=O)c(C)c1.I. The summed E-state index contributed by atoms with van der Waals surface area (Å²) in [5, 5.41) is 6.61. The van der Waals surface area contributed by atoms with Gasteiger partial charge in [0.25, 0.3) is 0 Å². The lowest BCUT2D eigenvalue weighted by Gasteiger charge is -2.13. The van der Waals surface area contributed by atoms with Crippen molar-refractivity contribution in [2.45, 2.75) is 64.3 Å². The Balaban J connectivity index is 0.00000676. The van der Waals surface area contributed by atoms with E-state index in [9.17, 15) is 8.42 Å². The van der Waals surface area contributed by atoms with E-state index in [0.717, 1.165) is 36.0 Å². The molecule has 0 aliphatic rings. The van der Waals surface area contributed by atoms with Crippen LogP contribution in [0.25, 0.3) is 0 Å². The van der Waals surface area contributed by atoms with Gasteiger partial charge in [0.05, 0.1) is 4.90 Å². The molecule has 1 aromatic rings. The molecule has 156 valence electrons. The first-order chi connectivity index (χ1) is 12.2. The first-order valence-corrected chi connectivity index (χ1v) is 11.4. The molecule has 0 aromatic heterocycles. The van der Waals surface area contributed by atoms with E-state index in [-0.39, 0.29) is 24.0 Å². The molecule has 1 rings (SSSR count). The quantitative estimate of drug-likeness (QED) is 0.214. The highest BCUT2D eigenvalue weighted by atomic mass is 127. The van der Waals surface area contributed by atoms with Crippen LogP contribution in [0.15, 0.2) is 28.1 Å². The van der Waals surface area contributed by atoms with Crippen molar-refractivity contribution in [1.29, 1.82) is 0 Å². The van der Waals surface area contributed by atoms with Gasteiger partial charge in [-0.05, 0) is 36.5 Å². The van der Waals surface area contributed by atoms with Crippen LogP contribution < -0.4 is 10.6 Å². The Bertz CT molecular complexity index is 688. The van der Waals surface area contributed by atoms with Crippen LogP contribution in [0.4, 0.5) is 0 Å². The molecule has 0 unspecified atom stereocenters. The Hall–Kier alpha value is -0.830. The number of sulfone groups is 1. The van der Waals surface area contributed by atoms with Crippen LogP contribution in [0.1, 0.15) is 57.1 Å². The van der Waals surface area contributed by atoms with Crippen molar-refractivity contribution in [2.75, 3.05) is 19.8 Å². The van der Waals surface area contributed by atoms with Crippen molar-refractivity contribution in [2.24, 2.45) is 10.9 Å². The largest absolute Gasteiger partial charge is 0.356 e. The van der Waals surface area contributed by atoms with Crippen LogP contribution in [0, 0.1) is 12.8 Å². The Morgan fingerprint density at radius 3 is 2.33 bits per heavy atom. The van der Waals surface area contributed by atoms with Crippen molar-refractivity contribution in [1.82, 2.24) is 10.6 Å². The minimum Gasteiger partial charge on any atom is -0.356 e. The zero-order valence-corrected chi connectivity index (χ0v) is 20.5. The summed E-state index contributed by atoms with van der Waals surface area (Å²) in [6.45, 7) is 7.89. The number of rotatable bonds is 10. The fourth-order valence-corrected chi connectivity index (χ4v) is 3.84. The molecule has 0 saturated heterocycles. The van der Waals surface area contributed by atoms with Gasteiger partial charge in [-0.25, -0.2) is 8.42 Å². The number of aryl methyl sites for hydroxylation is 1. The highest BCUT2D eigenvalue weighted by Gasteiger charge is 2.10. The third-order valence-electron chi connectivity index (χ3n) is 4.32. The van der Waals surface area contributed by atoms with E-state index in [1.165, 1.54) is 31.9 Å². The summed E-state index contributed by atoms with van der Waals surface area (Å²) in [4.78, 5) is 4.63. The average molecular weight is 509 g/mol. The number of benzene rings is 1. The van der Waals surface area contributed by atoms with Gasteiger partial charge in [0.1, 0.15) is 0 Å². The molecule has 2 N–H and O–H groups in total. The molecule has 0 aliphatic carbocycles. The maximum Gasteiger partial charge on any atom is 0.191 e. The monoisotopic (exact) mass is 509 g/mol. The number of guanidine groups is 1. The second kappa shape index (κ2) is 13.4. The predicted molar refractivity (Wildman–Crippen MR) is 126 cm³/mol. The second-order valence-corrected chi connectivity index (χ2v) is 9.31. The summed E-state index contributed by atoms with van der Waals surface area (Å²) >= 11 is 0. The zero-order valence-electron chi connectivity index (χ0n) is 17.3. The van der Waals surface area contributed by atoms with Crippen molar-refractivity contribution < 1.29 is 8.42 Å². The van der Waals surface area contributed by atoms with Gasteiger partial charge >= 0.3 is 0 Å². The number of aliphatic imine (C=N–C) groups is 1. The van der Waals surface area contributed by atoms with Crippen molar-refractivity contribution >= 4 is 39.8 Å². The van der Waals surface area contributed by atoms with Crippen molar-refractivity contribution in [3.05, 3.63) is 29.3 Å². The molecule has 0 bridgehead atoms. The molecule has 0 fully saturated rings. The highest BCUT2D eigenvalue weighted by molar-refractivity contribution is 14.0. The van der Waals surface area contributed by atoms with Gasteiger partial charge in [0.15, 0.2) is 15.8 Å². The molecule has 7 heteroatoms. The van der Waals surface area contributed by atoms with E-state index < -0.39 is 9.84 Å². The number of halogens is 1. The number of nitrogens with one attached hydrogen (secondary N) is 2. The molecule has 27 heavy (non-hydrogen) atoms. The standard InChI is InChI=1S/C20H35N3O2S.HI/c1-16(2)10-8-6-7-9-13-22-20(21-4)23-15-18-11-12-19(17(3)14-18)26(5,24)25;/h11-12,14,16H,6-10,13,15H2,1-5H3,(H2,21,22,23);1H. The van der Waals surface area contributed by atoms with E-state index in [1.54, 1.807) is 13.1 Å². The zero-order chi connectivity index (χ0) is 19.6. The van der Waals surface area contributed by atoms with Crippen LogP contribution in [0.3, 0.4) is 0 Å². The maximum absolute atomic E-state index is 11.7. The van der Waals surface area contributed by atoms with Gasteiger partial charge in [0, 0.05) is 26.4 Å². The first kappa shape index (κ1) is 26.2. The van der Waals surface area contributed by atoms with Crippen LogP contribution in [0.2, 0.25) is 0 Å². The Morgan fingerprint density at radius 2 is 1.78 bits per heavy atom. The Kier molecular flexibility index (Phi) is 13.0. The predicted octanol–water partition coefficient (Wildman–Crippen LogP) is 4.29. The highest BCUT2D eigenvalue weighted by Crippen LogP contribution is 2.16. The van der Waals surface area contributed by atoms with E-state index in [1.807, 2.05) is 19.1 Å². The first-order valence-electron chi connectivity index (χ1n) is 9.48. The molecule has 0 spiro atoms. The summed E-state index contributed by atoms with van der Waals surface area (Å²) in [6.07, 6.45) is 7.53. The van der Waals surface area contributed by atoms with E-state index >= 15 is 0 Å². The Labute approximate surface area is 182 Å². The lowest BCUT2D eigenvalue weighted by atomic mass is 10.0. The molecular weight excluding hydrogens is 473 g/mol. The second-order valence-electron chi connectivity index (χ2n) is 7.32. The van der Waals surface area contributed by atoms with E-state index in [0.29, 0.717) is 11.4 Å². The summed E-state index contributed by atoms with van der Waals surface area (Å²) in [5.41, 5.74) is 1.81. The number of nitrogens with zero attached hydrogens (tertiary/aromatic N) is 1. The lowest BCUT2D eigenvalue weighted by Crippen LogP contribution is -2.37. The summed E-state index contributed by atoms with van der Waals surface area (Å²) in [7, 11) is -1.41. The van der Waals surface area contributed by atoms with Gasteiger partial charge in [-0.1, -0.05) is 51.7 Å². The van der Waals surface area contributed by atoms with E-state index in [4.69, 9.17) is 0 Å². The van der Waals surface area contributed by atoms with Crippen molar-refractivity contribution in [3.63, 3.8) is 0 Å². The summed E-state index contributed by atoms with van der Waals surface area (Å²) in [5.74, 6) is 1.57. The molecule has 0 aliphatic heterocycles. The third kappa shape index (κ3) is 10.9. The fraction of sp³-hybridized carbons (Fsp3) is 0.650. The number of hydrogen-bond acceptors (Lipinski definition) is 3. The van der Waals surface area contributed by atoms with Gasteiger partial charge in [-0.3, -0.25) is 4.99 Å². The summed E-state index contributed by atoms with van der Waals surface area (Å²) in [6, 6.07) is 5.43. The molecule has 5 nitrogen and oxygen atoms in total. The average Bonchev–Trinajstić information content (AvgIpc) is 2.55.